The predicted octanol–water partition coefficient (Wildman–Crippen LogP) is 21.9. The van der Waals surface area contributed by atoms with Crippen LogP contribution in [-0.4, -0.2) is 37.2 Å². The van der Waals surface area contributed by atoms with E-state index in [1.807, 2.05) is 12.2 Å². The van der Waals surface area contributed by atoms with Gasteiger partial charge in [0, 0.05) is 19.3 Å². The SMILES string of the molecule is CC/C=C\C/C=C\C/C=C\C/C=C\C/C=C\C/C=C\C/C=C\C/C=C\CCCCCCC(=O)OCC(COC(=O)CC/C=C\C/C=C\C/C=C\C/C=C\CC)OC(=O)CCCCCCCCCCC/C=C\C/C=C\CCCCC. The number of hydrogen-bond acceptors (Lipinski definition) is 6. The van der Waals surface area contributed by atoms with Crippen molar-refractivity contribution in [3.63, 3.8) is 0 Å². The molecule has 6 nitrogen and oxygen atoms in total. The van der Waals surface area contributed by atoms with Crippen molar-refractivity contribution in [3.8, 4) is 0 Å². The maximum atomic E-state index is 12.9. The van der Waals surface area contributed by atoms with Crippen molar-refractivity contribution in [2.45, 2.75) is 258 Å². The molecule has 0 aromatic heterocycles. The van der Waals surface area contributed by atoms with Crippen molar-refractivity contribution >= 4 is 17.9 Å². The van der Waals surface area contributed by atoms with Crippen molar-refractivity contribution in [2.24, 2.45) is 0 Å². The lowest BCUT2D eigenvalue weighted by Gasteiger charge is -2.18. The minimum atomic E-state index is -0.830. The first-order valence-electron chi connectivity index (χ1n) is 31.6. The van der Waals surface area contributed by atoms with E-state index in [9.17, 15) is 14.4 Å². The average Bonchev–Trinajstić information content (AvgIpc) is 3.45. The van der Waals surface area contributed by atoms with E-state index in [-0.39, 0.29) is 37.5 Å². The van der Waals surface area contributed by atoms with Gasteiger partial charge in [-0.05, 0) is 141 Å². The summed E-state index contributed by atoms with van der Waals surface area (Å²) in [6, 6.07) is 0. The van der Waals surface area contributed by atoms with Crippen molar-refractivity contribution in [1.29, 1.82) is 0 Å². The van der Waals surface area contributed by atoms with Gasteiger partial charge in [-0.1, -0.05) is 262 Å². The Morgan fingerprint density at radius 3 is 0.848 bits per heavy atom. The lowest BCUT2D eigenvalue weighted by molar-refractivity contribution is -0.166. The van der Waals surface area contributed by atoms with E-state index in [4.69, 9.17) is 14.2 Å². The highest BCUT2D eigenvalue weighted by Crippen LogP contribution is 2.14. The highest BCUT2D eigenvalue weighted by atomic mass is 16.6. The zero-order chi connectivity index (χ0) is 57.1. The van der Waals surface area contributed by atoms with Crippen molar-refractivity contribution < 1.29 is 28.6 Å². The lowest BCUT2D eigenvalue weighted by Crippen LogP contribution is -2.30. The molecule has 0 bridgehead atoms. The van der Waals surface area contributed by atoms with Crippen LogP contribution in [-0.2, 0) is 28.6 Å². The summed E-state index contributed by atoms with van der Waals surface area (Å²) in [5, 5.41) is 0. The molecule has 442 valence electrons. The Labute approximate surface area is 485 Å². The van der Waals surface area contributed by atoms with Gasteiger partial charge in [0.15, 0.2) is 6.10 Å². The summed E-state index contributed by atoms with van der Waals surface area (Å²) in [5.41, 5.74) is 0. The Morgan fingerprint density at radius 1 is 0.266 bits per heavy atom. The first-order valence-corrected chi connectivity index (χ1v) is 31.6. The van der Waals surface area contributed by atoms with Crippen LogP contribution in [0.1, 0.15) is 252 Å². The predicted molar refractivity (Wildman–Crippen MR) is 343 cm³/mol. The van der Waals surface area contributed by atoms with Crippen LogP contribution in [0, 0.1) is 0 Å². The molecule has 0 saturated heterocycles. The fourth-order valence-corrected chi connectivity index (χ4v) is 8.03. The molecule has 0 aromatic rings. The fraction of sp³-hybridized carbons (Fsp3) is 0.575. The zero-order valence-electron chi connectivity index (χ0n) is 50.6. The van der Waals surface area contributed by atoms with Gasteiger partial charge < -0.3 is 14.2 Å². The minimum absolute atomic E-state index is 0.123. The molecule has 6 heteroatoms. The summed E-state index contributed by atoms with van der Waals surface area (Å²) in [6.07, 6.45) is 96.5. The standard InChI is InChI=1S/C73H114O6/c1-4-7-10-13-16-19-22-25-27-29-31-32-33-34-35-36-37-38-39-40-42-43-45-48-51-54-57-60-63-66-72(75)78-69-70(68-77-71(74)65-62-59-56-53-50-47-24-21-18-15-12-9-6-3)79-73(76)67-64-61-58-55-52-49-46-44-41-30-28-26-23-20-17-14-11-8-5-2/h7,9-10,12,16-21,25-28,31-32,34-35,37-38,40,42,45,47-48,50,56,59,70H,4-6,8,11,13-15,22-24,29-30,33,36,39,41,43-44,46,49,51-55,57-58,60-69H2,1-3H3/b10-7-,12-9-,19-16-,20-17-,21-18-,27-25-,28-26-,32-31-,35-34-,38-37-,42-40-,48-45-,50-47-,59-56-. The van der Waals surface area contributed by atoms with E-state index in [0.29, 0.717) is 19.3 Å². The Hall–Kier alpha value is -5.23. The third-order valence-electron chi connectivity index (χ3n) is 12.7. The lowest BCUT2D eigenvalue weighted by atomic mass is 10.1. The van der Waals surface area contributed by atoms with Gasteiger partial charge in [-0.3, -0.25) is 14.4 Å². The molecular formula is C73H114O6. The number of ether oxygens (including phenoxy) is 3. The molecule has 0 aromatic carbocycles. The third kappa shape index (κ3) is 63.5. The number of allylic oxidation sites excluding steroid dienone is 28. The third-order valence-corrected chi connectivity index (χ3v) is 12.7. The maximum Gasteiger partial charge on any atom is 0.306 e. The van der Waals surface area contributed by atoms with Gasteiger partial charge >= 0.3 is 17.9 Å². The molecule has 0 aliphatic rings. The number of esters is 3. The van der Waals surface area contributed by atoms with Crippen LogP contribution >= 0.6 is 0 Å². The highest BCUT2D eigenvalue weighted by molar-refractivity contribution is 5.71. The largest absolute Gasteiger partial charge is 0.462 e. The van der Waals surface area contributed by atoms with E-state index in [1.54, 1.807) is 0 Å². The second-order valence-electron chi connectivity index (χ2n) is 20.2. The average molecular weight is 1090 g/mol. The van der Waals surface area contributed by atoms with Crippen LogP contribution in [0.3, 0.4) is 0 Å². The molecule has 0 heterocycles. The molecule has 0 aliphatic carbocycles. The number of unbranched alkanes of at least 4 members (excludes halogenated alkanes) is 16. The maximum absolute atomic E-state index is 12.9. The fourth-order valence-electron chi connectivity index (χ4n) is 8.03. The molecule has 0 spiro atoms. The molecule has 0 amide bonds. The van der Waals surface area contributed by atoms with E-state index < -0.39 is 6.10 Å². The van der Waals surface area contributed by atoms with Crippen LogP contribution in [0.4, 0.5) is 0 Å². The number of carbonyl (C=O) groups is 3. The Bertz CT molecular complexity index is 1820. The zero-order valence-corrected chi connectivity index (χ0v) is 50.6. The van der Waals surface area contributed by atoms with Crippen LogP contribution in [0.5, 0.6) is 0 Å². The summed E-state index contributed by atoms with van der Waals surface area (Å²) >= 11 is 0. The molecule has 79 heavy (non-hydrogen) atoms. The first-order chi connectivity index (χ1) is 39.0. The Kier molecular flexibility index (Phi) is 61.0. The molecule has 1 atom stereocenters. The van der Waals surface area contributed by atoms with Crippen LogP contribution in [0.25, 0.3) is 0 Å². The summed E-state index contributed by atoms with van der Waals surface area (Å²) in [5.74, 6) is -1.04. The molecule has 0 aliphatic heterocycles. The van der Waals surface area contributed by atoms with Crippen molar-refractivity contribution in [2.75, 3.05) is 13.2 Å². The topological polar surface area (TPSA) is 78.9 Å². The summed E-state index contributed by atoms with van der Waals surface area (Å²) < 4.78 is 16.8. The van der Waals surface area contributed by atoms with Crippen LogP contribution in [0.2, 0.25) is 0 Å². The Balaban J connectivity index is 4.46. The molecule has 0 fully saturated rings. The summed E-state index contributed by atoms with van der Waals surface area (Å²) in [7, 11) is 0. The molecule has 0 N–H and O–H groups in total. The minimum Gasteiger partial charge on any atom is -0.462 e. The number of rotatable bonds is 55. The molecule has 0 saturated carbocycles. The van der Waals surface area contributed by atoms with Gasteiger partial charge in [-0.15, -0.1) is 0 Å². The summed E-state index contributed by atoms with van der Waals surface area (Å²) in [6.45, 7) is 6.29. The summed E-state index contributed by atoms with van der Waals surface area (Å²) in [4.78, 5) is 38.2. The normalized spacial score (nSPS) is 13.3. The van der Waals surface area contributed by atoms with E-state index >= 15 is 0 Å². The van der Waals surface area contributed by atoms with Gasteiger partial charge in [0.25, 0.3) is 0 Å². The van der Waals surface area contributed by atoms with Crippen molar-refractivity contribution in [3.05, 3.63) is 170 Å². The highest BCUT2D eigenvalue weighted by Gasteiger charge is 2.19. The molecular weight excluding hydrogens is 973 g/mol. The van der Waals surface area contributed by atoms with Gasteiger partial charge in [-0.25, -0.2) is 0 Å². The van der Waals surface area contributed by atoms with Gasteiger partial charge in [0.2, 0.25) is 0 Å². The molecule has 1 unspecified atom stereocenters. The Morgan fingerprint density at radius 2 is 0.519 bits per heavy atom. The van der Waals surface area contributed by atoms with Crippen LogP contribution in [0.15, 0.2) is 170 Å². The first kappa shape index (κ1) is 73.8. The van der Waals surface area contributed by atoms with E-state index in [1.165, 1.54) is 70.6 Å². The second kappa shape index (κ2) is 65.3. The molecule has 0 rings (SSSR count). The smallest absolute Gasteiger partial charge is 0.306 e. The van der Waals surface area contributed by atoms with Crippen LogP contribution < -0.4 is 0 Å². The van der Waals surface area contributed by atoms with E-state index in [2.05, 4.69) is 179 Å². The molecule has 0 radical (unpaired) electrons. The quantitative estimate of drug-likeness (QED) is 0.0261. The van der Waals surface area contributed by atoms with Crippen molar-refractivity contribution in [1.82, 2.24) is 0 Å². The number of hydrogen-bond donors (Lipinski definition) is 0. The van der Waals surface area contributed by atoms with E-state index in [0.717, 1.165) is 135 Å². The second-order valence-corrected chi connectivity index (χ2v) is 20.2. The van der Waals surface area contributed by atoms with Gasteiger partial charge in [-0.2, -0.15) is 0 Å². The monoisotopic (exact) mass is 1090 g/mol. The number of carbonyl (C=O) groups excluding carboxylic acids is 3. The van der Waals surface area contributed by atoms with Gasteiger partial charge in [0.05, 0.1) is 0 Å². The van der Waals surface area contributed by atoms with Gasteiger partial charge in [0.1, 0.15) is 13.2 Å².